The van der Waals surface area contributed by atoms with E-state index in [0.717, 1.165) is 6.42 Å². The van der Waals surface area contributed by atoms with Gasteiger partial charge in [-0.25, -0.2) is 8.42 Å². The lowest BCUT2D eigenvalue weighted by molar-refractivity contribution is -0.149. The number of aliphatic carboxylic acids is 1. The monoisotopic (exact) mass is 292 g/mol. The predicted octanol–water partition coefficient (Wildman–Crippen LogP) is 0.455. The average molecular weight is 292 g/mol. The summed E-state index contributed by atoms with van der Waals surface area (Å²) in [6, 6.07) is 0. The van der Waals surface area contributed by atoms with E-state index < -0.39 is 21.4 Å². The average Bonchev–Trinajstić information content (AvgIpc) is 2.28. The fraction of sp³-hybridized carbons (Fsp3) is 0.917. The molecule has 7 heteroatoms. The fourth-order valence-corrected chi connectivity index (χ4v) is 3.34. The Morgan fingerprint density at radius 3 is 2.16 bits per heavy atom. The molecule has 0 saturated carbocycles. The zero-order valence-corrected chi connectivity index (χ0v) is 12.7. The third-order valence-corrected chi connectivity index (χ3v) is 4.99. The quantitative estimate of drug-likeness (QED) is 0.769. The van der Waals surface area contributed by atoms with Crippen molar-refractivity contribution in [3.63, 3.8) is 0 Å². The van der Waals surface area contributed by atoms with E-state index in [1.165, 1.54) is 10.6 Å². The highest BCUT2D eigenvalue weighted by Gasteiger charge is 2.35. The topological polar surface area (TPSA) is 77.9 Å². The van der Waals surface area contributed by atoms with Crippen LogP contribution in [0.15, 0.2) is 0 Å². The van der Waals surface area contributed by atoms with Gasteiger partial charge in [-0.1, -0.05) is 13.3 Å². The zero-order valence-electron chi connectivity index (χ0n) is 11.9. The Morgan fingerprint density at radius 2 is 1.79 bits per heavy atom. The Balaban J connectivity index is 2.59. The van der Waals surface area contributed by atoms with Gasteiger partial charge >= 0.3 is 5.97 Å². The van der Waals surface area contributed by atoms with E-state index in [4.69, 9.17) is 0 Å². The predicted molar refractivity (Wildman–Crippen MR) is 73.5 cm³/mol. The minimum Gasteiger partial charge on any atom is -0.481 e. The summed E-state index contributed by atoms with van der Waals surface area (Å²) >= 11 is 0. The van der Waals surface area contributed by atoms with Crippen LogP contribution in [0.3, 0.4) is 0 Å². The normalized spacial score (nSPS) is 22.1. The molecule has 1 heterocycles. The third kappa shape index (κ3) is 4.43. The Labute approximate surface area is 115 Å². The van der Waals surface area contributed by atoms with E-state index in [1.54, 1.807) is 6.92 Å². The molecule has 0 aromatic heterocycles. The lowest BCUT2D eigenvalue weighted by Crippen LogP contribution is -2.52. The number of carboxylic acid groups (broad SMARTS) is 1. The molecule has 1 fully saturated rings. The van der Waals surface area contributed by atoms with Crippen LogP contribution in [0.1, 0.15) is 26.7 Å². The van der Waals surface area contributed by atoms with E-state index in [9.17, 15) is 18.3 Å². The molecule has 0 aromatic rings. The number of sulfonamides is 1. The first-order valence-electron chi connectivity index (χ1n) is 6.60. The number of piperazine rings is 1. The second-order valence-electron chi connectivity index (χ2n) is 5.55. The molecule has 1 saturated heterocycles. The van der Waals surface area contributed by atoms with Crippen LogP contribution >= 0.6 is 0 Å². The van der Waals surface area contributed by atoms with Gasteiger partial charge in [-0.2, -0.15) is 4.31 Å². The van der Waals surface area contributed by atoms with Crippen molar-refractivity contribution in [2.75, 3.05) is 39.0 Å². The molecule has 0 bridgehead atoms. The van der Waals surface area contributed by atoms with E-state index >= 15 is 0 Å². The summed E-state index contributed by atoms with van der Waals surface area (Å²) in [6.45, 7) is 6.30. The summed E-state index contributed by atoms with van der Waals surface area (Å²) in [5, 5.41) is 9.34. The van der Waals surface area contributed by atoms with Crippen molar-refractivity contribution in [3.8, 4) is 0 Å². The molecule has 1 N–H and O–H groups in total. The number of hydrogen-bond acceptors (Lipinski definition) is 4. The van der Waals surface area contributed by atoms with Crippen molar-refractivity contribution >= 4 is 16.0 Å². The Kier molecular flexibility index (Phi) is 5.34. The molecule has 19 heavy (non-hydrogen) atoms. The van der Waals surface area contributed by atoms with Gasteiger partial charge in [0.15, 0.2) is 0 Å². The smallest absolute Gasteiger partial charge is 0.310 e. The number of hydrogen-bond donors (Lipinski definition) is 1. The van der Waals surface area contributed by atoms with Crippen LogP contribution in [0.25, 0.3) is 0 Å². The lowest BCUT2D eigenvalue weighted by Gasteiger charge is -2.37. The zero-order chi connectivity index (χ0) is 14.7. The molecule has 0 spiro atoms. The second kappa shape index (κ2) is 6.19. The Hall–Kier alpha value is -0.660. The molecule has 1 unspecified atom stereocenters. The molecule has 0 aliphatic carbocycles. The van der Waals surface area contributed by atoms with Gasteiger partial charge in [0, 0.05) is 32.7 Å². The molecule has 1 aliphatic heterocycles. The first-order chi connectivity index (χ1) is 8.69. The highest BCUT2D eigenvalue weighted by atomic mass is 32.2. The molecule has 1 aliphatic rings. The standard InChI is InChI=1S/C12H24N2O4S/c1-4-5-12(2,11(15)16)10-13-6-8-14(9-7-13)19(3,17)18/h4-10H2,1-3H3,(H,15,16). The van der Waals surface area contributed by atoms with Crippen LogP contribution in [0.2, 0.25) is 0 Å². The van der Waals surface area contributed by atoms with Crippen molar-refractivity contribution in [3.05, 3.63) is 0 Å². The van der Waals surface area contributed by atoms with Crippen LogP contribution in [-0.2, 0) is 14.8 Å². The summed E-state index contributed by atoms with van der Waals surface area (Å²) in [6.07, 6.45) is 2.67. The molecule has 6 nitrogen and oxygen atoms in total. The lowest BCUT2D eigenvalue weighted by atomic mass is 9.85. The molecule has 1 atom stereocenters. The first kappa shape index (κ1) is 16.4. The molecule has 0 amide bonds. The molecule has 0 aromatic carbocycles. The van der Waals surface area contributed by atoms with Crippen LogP contribution in [0, 0.1) is 5.41 Å². The van der Waals surface area contributed by atoms with Crippen LogP contribution in [-0.4, -0.2) is 67.7 Å². The summed E-state index contributed by atoms with van der Waals surface area (Å²) in [5.74, 6) is -0.778. The summed E-state index contributed by atoms with van der Waals surface area (Å²) in [5.41, 5.74) is -0.748. The minimum atomic E-state index is -3.13. The maximum atomic E-state index is 11.4. The first-order valence-corrected chi connectivity index (χ1v) is 8.45. The van der Waals surface area contributed by atoms with Gasteiger partial charge in [0.2, 0.25) is 10.0 Å². The third-order valence-electron chi connectivity index (χ3n) is 3.69. The Bertz CT molecular complexity index is 415. The van der Waals surface area contributed by atoms with Gasteiger partial charge in [0.05, 0.1) is 11.7 Å². The van der Waals surface area contributed by atoms with Crippen LogP contribution in [0.5, 0.6) is 0 Å². The molecule has 1 rings (SSSR count). The van der Waals surface area contributed by atoms with Gasteiger partial charge < -0.3 is 5.11 Å². The van der Waals surface area contributed by atoms with Gasteiger partial charge in [0.1, 0.15) is 0 Å². The second-order valence-corrected chi connectivity index (χ2v) is 7.54. The van der Waals surface area contributed by atoms with Crippen molar-refractivity contribution < 1.29 is 18.3 Å². The highest BCUT2D eigenvalue weighted by molar-refractivity contribution is 7.88. The fourth-order valence-electron chi connectivity index (χ4n) is 2.52. The van der Waals surface area contributed by atoms with E-state index in [-0.39, 0.29) is 0 Å². The van der Waals surface area contributed by atoms with Gasteiger partial charge in [-0.05, 0) is 13.3 Å². The molecular weight excluding hydrogens is 268 g/mol. The van der Waals surface area contributed by atoms with Crippen molar-refractivity contribution in [1.82, 2.24) is 9.21 Å². The SMILES string of the molecule is CCCC(C)(CN1CCN(S(C)(=O)=O)CC1)C(=O)O. The largest absolute Gasteiger partial charge is 0.481 e. The van der Waals surface area contributed by atoms with Crippen LogP contribution in [0.4, 0.5) is 0 Å². The highest BCUT2D eigenvalue weighted by Crippen LogP contribution is 2.25. The van der Waals surface area contributed by atoms with Gasteiger partial charge in [-0.15, -0.1) is 0 Å². The van der Waals surface area contributed by atoms with E-state index in [1.807, 2.05) is 11.8 Å². The van der Waals surface area contributed by atoms with Crippen molar-refractivity contribution in [1.29, 1.82) is 0 Å². The summed E-state index contributed by atoms with van der Waals surface area (Å²) < 4.78 is 24.3. The number of carboxylic acids is 1. The summed E-state index contributed by atoms with van der Waals surface area (Å²) in [7, 11) is -3.13. The number of carbonyl (C=O) groups is 1. The number of nitrogens with zero attached hydrogens (tertiary/aromatic N) is 2. The Morgan fingerprint density at radius 1 is 1.26 bits per heavy atom. The summed E-state index contributed by atoms with van der Waals surface area (Å²) in [4.78, 5) is 13.4. The molecule has 112 valence electrons. The van der Waals surface area contributed by atoms with E-state index in [2.05, 4.69) is 0 Å². The van der Waals surface area contributed by atoms with E-state index in [0.29, 0.717) is 39.1 Å². The van der Waals surface area contributed by atoms with Crippen molar-refractivity contribution in [2.24, 2.45) is 5.41 Å². The maximum Gasteiger partial charge on any atom is 0.310 e. The molecule has 0 radical (unpaired) electrons. The van der Waals surface area contributed by atoms with Gasteiger partial charge in [-0.3, -0.25) is 9.69 Å². The van der Waals surface area contributed by atoms with Gasteiger partial charge in [0.25, 0.3) is 0 Å². The molecular formula is C12H24N2O4S. The number of rotatable bonds is 6. The van der Waals surface area contributed by atoms with Crippen molar-refractivity contribution in [2.45, 2.75) is 26.7 Å². The minimum absolute atomic E-state index is 0.445. The maximum absolute atomic E-state index is 11.4. The van der Waals surface area contributed by atoms with Crippen LogP contribution < -0.4 is 0 Å².